The third-order valence-corrected chi connectivity index (χ3v) is 5.19. The van der Waals surface area contributed by atoms with Gasteiger partial charge in [0.05, 0.1) is 10.9 Å². The van der Waals surface area contributed by atoms with Crippen molar-refractivity contribution in [3.8, 4) is 0 Å². The molecule has 0 saturated heterocycles. The summed E-state index contributed by atoms with van der Waals surface area (Å²) in [4.78, 5) is 30.0. The summed E-state index contributed by atoms with van der Waals surface area (Å²) >= 11 is 0. The predicted octanol–water partition coefficient (Wildman–Crippen LogP) is 3.29. The quantitative estimate of drug-likeness (QED) is 0.932. The van der Waals surface area contributed by atoms with E-state index in [1.807, 2.05) is 11.5 Å². The van der Waals surface area contributed by atoms with Crippen molar-refractivity contribution in [3.63, 3.8) is 0 Å². The third kappa shape index (κ3) is 3.75. The maximum Gasteiger partial charge on any atom is 0.261 e. The number of carbonyl (C=O) groups excluding carboxylic acids is 1. The van der Waals surface area contributed by atoms with Crippen molar-refractivity contribution in [2.24, 2.45) is 5.92 Å². The number of carbonyl (C=O) groups is 1. The van der Waals surface area contributed by atoms with Crippen LogP contribution in [0.5, 0.6) is 0 Å². The molecule has 1 aliphatic rings. The number of hydrogen-bond acceptors (Lipinski definition) is 3. The molecule has 1 aromatic carbocycles. The van der Waals surface area contributed by atoms with Crippen molar-refractivity contribution in [1.82, 2.24) is 14.9 Å². The van der Waals surface area contributed by atoms with Crippen molar-refractivity contribution in [1.29, 1.82) is 0 Å². The highest BCUT2D eigenvalue weighted by Gasteiger charge is 2.16. The Bertz CT molecular complexity index is 839. The molecule has 0 bridgehead atoms. The second-order valence-corrected chi connectivity index (χ2v) is 7.39. The zero-order valence-electron chi connectivity index (χ0n) is 15.3. The molecule has 0 saturated carbocycles. The monoisotopic (exact) mass is 341 g/mol. The molecule has 1 aromatic heterocycles. The maximum absolute atomic E-state index is 12.8. The fraction of sp³-hybridized carbons (Fsp3) is 0.550. The summed E-state index contributed by atoms with van der Waals surface area (Å²) in [5.74, 6) is 1.11. The zero-order chi connectivity index (χ0) is 18.0. The first kappa shape index (κ1) is 17.6. The molecule has 0 spiro atoms. The van der Waals surface area contributed by atoms with Gasteiger partial charge < -0.3 is 5.32 Å². The Hall–Kier alpha value is -2.17. The molecular weight excluding hydrogens is 314 g/mol. The van der Waals surface area contributed by atoms with Gasteiger partial charge in [-0.25, -0.2) is 4.98 Å². The number of amides is 1. The highest BCUT2D eigenvalue weighted by molar-refractivity contribution is 5.97. The van der Waals surface area contributed by atoms with E-state index in [9.17, 15) is 9.59 Å². The Morgan fingerprint density at radius 2 is 1.92 bits per heavy atom. The molecule has 1 atom stereocenters. The Balaban J connectivity index is 1.99. The van der Waals surface area contributed by atoms with Crippen LogP contribution >= 0.6 is 0 Å². The Morgan fingerprint density at radius 3 is 2.68 bits per heavy atom. The standard InChI is InChI=1S/C20H27N3O2/c1-13(2)14(3)21-19(24)15-9-10-16-17(12-15)22-18-8-6-4-5-7-11-23(18)20(16)25/h9-10,12-14H,4-8,11H2,1-3H3,(H,21,24)/t14-/m1/s1. The van der Waals surface area contributed by atoms with Crippen LogP contribution < -0.4 is 10.9 Å². The SMILES string of the molecule is CC(C)[C@@H](C)NC(=O)c1ccc2c(=O)n3c(nc2c1)CCCCCC3. The molecule has 1 N–H and O–H groups in total. The fourth-order valence-corrected chi connectivity index (χ4v) is 3.19. The number of aryl methyl sites for hydroxylation is 1. The average molecular weight is 341 g/mol. The summed E-state index contributed by atoms with van der Waals surface area (Å²) < 4.78 is 1.82. The molecule has 1 aliphatic heterocycles. The minimum absolute atomic E-state index is 0.0180. The van der Waals surface area contributed by atoms with Gasteiger partial charge in [0, 0.05) is 24.6 Å². The van der Waals surface area contributed by atoms with Crippen molar-refractivity contribution < 1.29 is 4.79 Å². The molecular formula is C20H27N3O2. The van der Waals surface area contributed by atoms with Gasteiger partial charge in [0.2, 0.25) is 0 Å². The van der Waals surface area contributed by atoms with E-state index in [0.717, 1.165) is 38.1 Å². The number of nitrogens with one attached hydrogen (secondary N) is 1. The van der Waals surface area contributed by atoms with Gasteiger partial charge in [-0.05, 0) is 43.9 Å². The summed E-state index contributed by atoms with van der Waals surface area (Å²) in [6.45, 7) is 6.89. The summed E-state index contributed by atoms with van der Waals surface area (Å²) in [5.41, 5.74) is 1.20. The summed E-state index contributed by atoms with van der Waals surface area (Å²) in [6, 6.07) is 5.31. The van der Waals surface area contributed by atoms with E-state index in [1.165, 1.54) is 6.42 Å². The predicted molar refractivity (Wildman–Crippen MR) is 99.9 cm³/mol. The molecule has 1 amide bonds. The second kappa shape index (κ2) is 7.38. The van der Waals surface area contributed by atoms with Crippen LogP contribution in [0.3, 0.4) is 0 Å². The van der Waals surface area contributed by atoms with E-state index in [1.54, 1.807) is 18.2 Å². The molecule has 2 heterocycles. The van der Waals surface area contributed by atoms with E-state index in [-0.39, 0.29) is 17.5 Å². The minimum Gasteiger partial charge on any atom is -0.349 e. The number of hydrogen-bond donors (Lipinski definition) is 1. The van der Waals surface area contributed by atoms with E-state index >= 15 is 0 Å². The molecule has 25 heavy (non-hydrogen) atoms. The van der Waals surface area contributed by atoms with Crippen LogP contribution in [0.1, 0.15) is 62.6 Å². The molecule has 0 aliphatic carbocycles. The van der Waals surface area contributed by atoms with Crippen LogP contribution in [0.4, 0.5) is 0 Å². The van der Waals surface area contributed by atoms with Gasteiger partial charge in [-0.2, -0.15) is 0 Å². The molecule has 134 valence electrons. The van der Waals surface area contributed by atoms with Crippen LogP contribution in [0.2, 0.25) is 0 Å². The number of fused-ring (bicyclic) bond motifs is 2. The lowest BCUT2D eigenvalue weighted by Gasteiger charge is -2.18. The Morgan fingerprint density at radius 1 is 1.16 bits per heavy atom. The fourth-order valence-electron chi connectivity index (χ4n) is 3.19. The van der Waals surface area contributed by atoms with Crippen molar-refractivity contribution in [3.05, 3.63) is 39.9 Å². The molecule has 5 nitrogen and oxygen atoms in total. The topological polar surface area (TPSA) is 64.0 Å². The van der Waals surface area contributed by atoms with Crippen molar-refractivity contribution in [2.45, 2.75) is 65.5 Å². The first-order valence-corrected chi connectivity index (χ1v) is 9.31. The van der Waals surface area contributed by atoms with Gasteiger partial charge in [0.15, 0.2) is 0 Å². The first-order valence-electron chi connectivity index (χ1n) is 9.31. The highest BCUT2D eigenvalue weighted by Crippen LogP contribution is 2.16. The Labute approximate surface area is 148 Å². The first-order chi connectivity index (χ1) is 12.0. The van der Waals surface area contributed by atoms with Gasteiger partial charge in [0.1, 0.15) is 5.82 Å². The van der Waals surface area contributed by atoms with Crippen LogP contribution in [0.25, 0.3) is 10.9 Å². The van der Waals surface area contributed by atoms with Crippen LogP contribution in [0.15, 0.2) is 23.0 Å². The summed E-state index contributed by atoms with van der Waals surface area (Å²) in [5, 5.41) is 3.60. The van der Waals surface area contributed by atoms with Crippen LogP contribution in [-0.2, 0) is 13.0 Å². The molecule has 0 radical (unpaired) electrons. The lowest BCUT2D eigenvalue weighted by atomic mass is 10.1. The number of aromatic nitrogens is 2. The highest BCUT2D eigenvalue weighted by atomic mass is 16.1. The van der Waals surface area contributed by atoms with Gasteiger partial charge in [-0.3, -0.25) is 14.2 Å². The van der Waals surface area contributed by atoms with Gasteiger partial charge >= 0.3 is 0 Å². The van der Waals surface area contributed by atoms with Gasteiger partial charge in [-0.1, -0.05) is 26.7 Å². The lowest BCUT2D eigenvalue weighted by molar-refractivity contribution is 0.0930. The van der Waals surface area contributed by atoms with E-state index in [4.69, 9.17) is 4.98 Å². The van der Waals surface area contributed by atoms with Crippen molar-refractivity contribution >= 4 is 16.8 Å². The molecule has 2 aromatic rings. The molecule has 3 rings (SSSR count). The number of nitrogens with zero attached hydrogens (tertiary/aromatic N) is 2. The molecule has 0 fully saturated rings. The van der Waals surface area contributed by atoms with Crippen LogP contribution in [-0.4, -0.2) is 21.5 Å². The molecule has 5 heteroatoms. The number of benzene rings is 1. The maximum atomic E-state index is 12.8. The molecule has 0 unspecified atom stereocenters. The average Bonchev–Trinajstić information content (AvgIpc) is 2.56. The van der Waals surface area contributed by atoms with Gasteiger partial charge in [0.25, 0.3) is 11.5 Å². The Kier molecular flexibility index (Phi) is 5.21. The normalized spacial score (nSPS) is 16.2. The number of rotatable bonds is 3. The largest absolute Gasteiger partial charge is 0.349 e. The summed E-state index contributed by atoms with van der Waals surface area (Å²) in [7, 11) is 0. The van der Waals surface area contributed by atoms with Gasteiger partial charge in [-0.15, -0.1) is 0 Å². The van der Waals surface area contributed by atoms with Crippen molar-refractivity contribution in [2.75, 3.05) is 0 Å². The minimum atomic E-state index is -0.114. The lowest BCUT2D eigenvalue weighted by Crippen LogP contribution is -2.36. The third-order valence-electron chi connectivity index (χ3n) is 5.19. The second-order valence-electron chi connectivity index (χ2n) is 7.39. The van der Waals surface area contributed by atoms with E-state index in [0.29, 0.717) is 22.4 Å². The zero-order valence-corrected chi connectivity index (χ0v) is 15.3. The van der Waals surface area contributed by atoms with E-state index < -0.39 is 0 Å². The van der Waals surface area contributed by atoms with E-state index in [2.05, 4.69) is 19.2 Å². The summed E-state index contributed by atoms with van der Waals surface area (Å²) in [6.07, 6.45) is 5.25. The smallest absolute Gasteiger partial charge is 0.261 e. The van der Waals surface area contributed by atoms with Crippen LogP contribution in [0, 0.1) is 5.92 Å².